The molecule has 1 rings (SSSR count). The summed E-state index contributed by atoms with van der Waals surface area (Å²) in [5.74, 6) is -0.0381. The van der Waals surface area contributed by atoms with Crippen LogP contribution in [0.5, 0.6) is 5.75 Å². The van der Waals surface area contributed by atoms with Gasteiger partial charge in [-0.05, 0) is 42.9 Å². The van der Waals surface area contributed by atoms with E-state index in [4.69, 9.17) is 15.6 Å². The second-order valence-corrected chi connectivity index (χ2v) is 4.95. The van der Waals surface area contributed by atoms with Crippen molar-refractivity contribution in [3.8, 4) is 5.75 Å². The smallest absolute Gasteiger partial charge is 0.303 e. The molecule has 100 valence electrons. The summed E-state index contributed by atoms with van der Waals surface area (Å²) in [6.45, 7) is 1.98. The summed E-state index contributed by atoms with van der Waals surface area (Å²) in [6, 6.07) is 3.66. The number of methoxy groups -OCH3 is 1. The number of carboxylic acid groups (broad SMARTS) is 1. The van der Waals surface area contributed by atoms with Crippen LogP contribution in [0.2, 0.25) is 0 Å². The van der Waals surface area contributed by atoms with Gasteiger partial charge >= 0.3 is 5.97 Å². The molecule has 0 fully saturated rings. The Morgan fingerprint density at radius 2 is 2.22 bits per heavy atom. The van der Waals surface area contributed by atoms with Crippen LogP contribution in [0.25, 0.3) is 0 Å². The Bertz CT molecular complexity index is 434. The van der Waals surface area contributed by atoms with E-state index in [9.17, 15) is 4.79 Å². The van der Waals surface area contributed by atoms with Crippen LogP contribution in [-0.4, -0.2) is 24.4 Å². The number of aliphatic carboxylic acids is 1. The summed E-state index contributed by atoms with van der Waals surface area (Å²) >= 11 is 1.61. The number of hydrogen-bond donors (Lipinski definition) is 2. The SMILES string of the molecule is COc1cc(C(N)CCC(=O)O)c(SC)cc1C. The number of carboxylic acids is 1. The first-order chi connectivity index (χ1) is 8.49. The maximum Gasteiger partial charge on any atom is 0.303 e. The Morgan fingerprint density at radius 1 is 1.56 bits per heavy atom. The molecule has 0 radical (unpaired) electrons. The number of carbonyl (C=O) groups is 1. The van der Waals surface area contributed by atoms with Crippen molar-refractivity contribution in [3.05, 3.63) is 23.3 Å². The molecule has 0 spiro atoms. The van der Waals surface area contributed by atoms with Crippen molar-refractivity contribution in [2.45, 2.75) is 30.7 Å². The number of hydrogen-bond acceptors (Lipinski definition) is 4. The fourth-order valence-electron chi connectivity index (χ4n) is 1.80. The molecule has 4 nitrogen and oxygen atoms in total. The molecule has 0 saturated heterocycles. The summed E-state index contributed by atoms with van der Waals surface area (Å²) in [4.78, 5) is 11.7. The highest BCUT2D eigenvalue weighted by Crippen LogP contribution is 2.33. The normalized spacial score (nSPS) is 12.2. The Kier molecular flexibility index (Phi) is 5.50. The molecular formula is C13H19NO3S. The van der Waals surface area contributed by atoms with Gasteiger partial charge in [0, 0.05) is 17.4 Å². The highest BCUT2D eigenvalue weighted by molar-refractivity contribution is 7.98. The van der Waals surface area contributed by atoms with Crippen LogP contribution < -0.4 is 10.5 Å². The Labute approximate surface area is 112 Å². The van der Waals surface area contributed by atoms with Gasteiger partial charge in [0.1, 0.15) is 5.75 Å². The standard InChI is InChI=1S/C13H19NO3S/c1-8-6-12(18-3)9(7-11(8)17-2)10(14)4-5-13(15)16/h6-7,10H,4-5,14H2,1-3H3,(H,15,16). The molecule has 0 bridgehead atoms. The third-order valence-corrected chi connectivity index (χ3v) is 3.61. The minimum Gasteiger partial charge on any atom is -0.496 e. The molecule has 3 N–H and O–H groups in total. The van der Waals surface area contributed by atoms with Crippen molar-refractivity contribution in [1.82, 2.24) is 0 Å². The topological polar surface area (TPSA) is 72.5 Å². The fourth-order valence-corrected chi connectivity index (χ4v) is 2.54. The highest BCUT2D eigenvalue weighted by Gasteiger charge is 2.15. The molecule has 0 aliphatic heterocycles. The van der Waals surface area contributed by atoms with Crippen molar-refractivity contribution in [2.75, 3.05) is 13.4 Å². The number of ether oxygens (including phenoxy) is 1. The monoisotopic (exact) mass is 269 g/mol. The predicted molar refractivity (Wildman–Crippen MR) is 73.3 cm³/mol. The lowest BCUT2D eigenvalue weighted by molar-refractivity contribution is -0.137. The van der Waals surface area contributed by atoms with Gasteiger partial charge in [-0.1, -0.05) is 0 Å². The van der Waals surface area contributed by atoms with Crippen LogP contribution in [0, 0.1) is 6.92 Å². The van der Waals surface area contributed by atoms with Gasteiger partial charge in [-0.2, -0.15) is 0 Å². The molecule has 1 unspecified atom stereocenters. The average molecular weight is 269 g/mol. The van der Waals surface area contributed by atoms with Gasteiger partial charge in [0.2, 0.25) is 0 Å². The lowest BCUT2D eigenvalue weighted by atomic mass is 10.0. The van der Waals surface area contributed by atoms with Crippen LogP contribution >= 0.6 is 11.8 Å². The zero-order valence-corrected chi connectivity index (χ0v) is 11.7. The third-order valence-electron chi connectivity index (χ3n) is 2.82. The molecule has 0 aliphatic carbocycles. The van der Waals surface area contributed by atoms with Gasteiger partial charge in [-0.25, -0.2) is 0 Å². The van der Waals surface area contributed by atoms with Gasteiger partial charge in [0.15, 0.2) is 0 Å². The highest BCUT2D eigenvalue weighted by atomic mass is 32.2. The van der Waals surface area contributed by atoms with E-state index >= 15 is 0 Å². The average Bonchev–Trinajstić information content (AvgIpc) is 2.35. The van der Waals surface area contributed by atoms with Crippen LogP contribution in [0.1, 0.15) is 30.0 Å². The number of thioether (sulfide) groups is 1. The minimum absolute atomic E-state index is 0.0746. The number of nitrogens with two attached hydrogens (primary N) is 1. The maximum absolute atomic E-state index is 10.6. The van der Waals surface area contributed by atoms with Gasteiger partial charge < -0.3 is 15.6 Å². The van der Waals surface area contributed by atoms with Gasteiger partial charge in [-0.15, -0.1) is 11.8 Å². The van der Waals surface area contributed by atoms with Crippen molar-refractivity contribution in [3.63, 3.8) is 0 Å². The zero-order valence-electron chi connectivity index (χ0n) is 10.9. The van der Waals surface area contributed by atoms with E-state index in [-0.39, 0.29) is 12.5 Å². The predicted octanol–water partition coefficient (Wildman–Crippen LogP) is 2.59. The van der Waals surface area contributed by atoms with Crippen LogP contribution in [-0.2, 0) is 4.79 Å². The Hall–Kier alpha value is -1.20. The maximum atomic E-state index is 10.6. The molecule has 18 heavy (non-hydrogen) atoms. The van der Waals surface area contributed by atoms with E-state index in [1.807, 2.05) is 25.3 Å². The number of aryl methyl sites for hydroxylation is 1. The van der Waals surface area contributed by atoms with Gasteiger partial charge in [-0.3, -0.25) is 4.79 Å². The molecule has 0 saturated carbocycles. The molecule has 0 heterocycles. The fraction of sp³-hybridized carbons (Fsp3) is 0.462. The Morgan fingerprint density at radius 3 is 2.72 bits per heavy atom. The molecule has 1 aromatic rings. The van der Waals surface area contributed by atoms with Crippen LogP contribution in [0.3, 0.4) is 0 Å². The van der Waals surface area contributed by atoms with Crippen molar-refractivity contribution >= 4 is 17.7 Å². The third kappa shape index (κ3) is 3.65. The molecule has 0 aliphatic rings. The summed E-state index contributed by atoms with van der Waals surface area (Å²) in [5.41, 5.74) is 8.06. The minimum atomic E-state index is -0.824. The summed E-state index contributed by atoms with van der Waals surface area (Å²) < 4.78 is 5.28. The first-order valence-corrected chi connectivity index (χ1v) is 6.92. The molecule has 5 heteroatoms. The number of benzene rings is 1. The van der Waals surface area contributed by atoms with E-state index in [2.05, 4.69) is 0 Å². The van der Waals surface area contributed by atoms with E-state index < -0.39 is 5.97 Å². The Balaban J connectivity index is 3.01. The van der Waals surface area contributed by atoms with Crippen molar-refractivity contribution < 1.29 is 14.6 Å². The summed E-state index contributed by atoms with van der Waals surface area (Å²) in [5, 5.41) is 8.70. The molecule has 1 aromatic carbocycles. The lowest BCUT2D eigenvalue weighted by Crippen LogP contribution is -2.13. The summed E-state index contributed by atoms with van der Waals surface area (Å²) in [7, 11) is 1.62. The first kappa shape index (κ1) is 14.9. The van der Waals surface area contributed by atoms with E-state index in [1.165, 1.54) is 0 Å². The van der Waals surface area contributed by atoms with Crippen LogP contribution in [0.15, 0.2) is 17.0 Å². The van der Waals surface area contributed by atoms with Crippen molar-refractivity contribution in [1.29, 1.82) is 0 Å². The first-order valence-electron chi connectivity index (χ1n) is 5.69. The van der Waals surface area contributed by atoms with E-state index in [0.717, 1.165) is 21.8 Å². The molecule has 0 aromatic heterocycles. The second-order valence-electron chi connectivity index (χ2n) is 4.10. The molecule has 0 amide bonds. The summed E-state index contributed by atoms with van der Waals surface area (Å²) in [6.07, 6.45) is 2.48. The zero-order chi connectivity index (χ0) is 13.7. The quantitative estimate of drug-likeness (QED) is 0.777. The number of rotatable bonds is 6. The van der Waals surface area contributed by atoms with Crippen LogP contribution in [0.4, 0.5) is 0 Å². The largest absolute Gasteiger partial charge is 0.496 e. The van der Waals surface area contributed by atoms with Gasteiger partial charge in [0.05, 0.1) is 7.11 Å². The lowest BCUT2D eigenvalue weighted by Gasteiger charge is -2.17. The molecular weight excluding hydrogens is 250 g/mol. The molecule has 1 atom stereocenters. The van der Waals surface area contributed by atoms with E-state index in [1.54, 1.807) is 18.9 Å². The van der Waals surface area contributed by atoms with Crippen molar-refractivity contribution in [2.24, 2.45) is 5.73 Å². The van der Waals surface area contributed by atoms with Gasteiger partial charge in [0.25, 0.3) is 0 Å². The van der Waals surface area contributed by atoms with E-state index in [0.29, 0.717) is 6.42 Å². The second kappa shape index (κ2) is 6.66.